The van der Waals surface area contributed by atoms with Gasteiger partial charge in [0, 0.05) is 0 Å². The minimum absolute atomic E-state index is 0.0538. The monoisotopic (exact) mass is 451 g/mol. The first-order valence-corrected chi connectivity index (χ1v) is 17.0. The van der Waals surface area contributed by atoms with Crippen molar-refractivity contribution in [1.82, 2.24) is 14.2 Å². The lowest BCUT2D eigenvalue weighted by Gasteiger charge is -2.38. The fourth-order valence-corrected chi connectivity index (χ4v) is 8.43. The molecule has 0 saturated carbocycles. The first kappa shape index (κ1) is 25.5. The molecule has 0 amide bonds. The Kier molecular flexibility index (Phi) is 7.22. The third-order valence-corrected chi connectivity index (χ3v) is 18.2. The molecule has 0 bridgehead atoms. The zero-order chi connectivity index (χ0) is 22.3. The molecule has 1 aromatic rings. The SMILES string of the molecule is CC(Cn1cc(F)c(S(=O)(=O)N[Si](C)(C)C(C)(C)C)n1)O[Si](C)(C)C(C)(C)C. The van der Waals surface area contributed by atoms with Crippen molar-refractivity contribution >= 4 is 26.6 Å². The molecule has 1 unspecified atom stereocenters. The fourth-order valence-electron chi connectivity index (χ4n) is 2.17. The number of hydrogen-bond donors (Lipinski definition) is 1. The molecule has 0 spiro atoms. The average Bonchev–Trinajstić information content (AvgIpc) is 2.75. The maximum Gasteiger partial charge on any atom is 0.256 e. The second-order valence-electron chi connectivity index (χ2n) is 10.7. The molecule has 0 aromatic carbocycles. The topological polar surface area (TPSA) is 73.2 Å². The van der Waals surface area contributed by atoms with Crippen LogP contribution < -0.4 is 4.39 Å². The van der Waals surface area contributed by atoms with Crippen LogP contribution in [0.25, 0.3) is 0 Å². The molecule has 0 fully saturated rings. The van der Waals surface area contributed by atoms with Gasteiger partial charge in [-0.15, -0.1) is 0 Å². The Morgan fingerprint density at radius 2 is 1.64 bits per heavy atom. The summed E-state index contributed by atoms with van der Waals surface area (Å²) < 4.78 is 50.3. The highest BCUT2D eigenvalue weighted by Crippen LogP contribution is 2.37. The molecule has 1 rings (SSSR count). The molecule has 0 radical (unpaired) electrons. The lowest BCUT2D eigenvalue weighted by Crippen LogP contribution is -2.54. The van der Waals surface area contributed by atoms with Crippen LogP contribution in [0.15, 0.2) is 11.2 Å². The van der Waals surface area contributed by atoms with E-state index in [0.29, 0.717) is 6.54 Å². The maximum atomic E-state index is 14.4. The van der Waals surface area contributed by atoms with E-state index in [1.165, 1.54) is 4.68 Å². The highest BCUT2D eigenvalue weighted by atomic mass is 32.2. The molecule has 0 aliphatic rings. The van der Waals surface area contributed by atoms with E-state index < -0.39 is 37.4 Å². The van der Waals surface area contributed by atoms with E-state index in [4.69, 9.17) is 4.43 Å². The van der Waals surface area contributed by atoms with Gasteiger partial charge in [-0.05, 0) is 30.1 Å². The van der Waals surface area contributed by atoms with Gasteiger partial charge in [0.2, 0.25) is 5.03 Å². The smallest absolute Gasteiger partial charge is 0.256 e. The van der Waals surface area contributed by atoms with Gasteiger partial charge < -0.3 is 4.43 Å². The predicted molar refractivity (Wildman–Crippen MR) is 117 cm³/mol. The van der Waals surface area contributed by atoms with Crippen LogP contribution in [0, 0.1) is 5.82 Å². The normalized spacial score (nSPS) is 15.7. The highest BCUT2D eigenvalue weighted by molar-refractivity contribution is 7.90. The van der Waals surface area contributed by atoms with Crippen LogP contribution in [0.2, 0.25) is 36.3 Å². The van der Waals surface area contributed by atoms with E-state index >= 15 is 0 Å². The molecular formula is C18H38FN3O3SSi2. The van der Waals surface area contributed by atoms with Gasteiger partial charge >= 0.3 is 0 Å². The Morgan fingerprint density at radius 1 is 1.14 bits per heavy atom. The Hall–Kier alpha value is -0.556. The molecular weight excluding hydrogens is 413 g/mol. The highest BCUT2D eigenvalue weighted by Gasteiger charge is 2.41. The van der Waals surface area contributed by atoms with E-state index in [1.54, 1.807) is 0 Å². The second-order valence-corrected chi connectivity index (χ2v) is 22.4. The molecule has 0 saturated heterocycles. The average molecular weight is 452 g/mol. The third kappa shape index (κ3) is 5.97. The van der Waals surface area contributed by atoms with Gasteiger partial charge in [-0.2, -0.15) is 5.10 Å². The summed E-state index contributed by atoms with van der Waals surface area (Å²) in [6.07, 6.45) is 0.926. The van der Waals surface area contributed by atoms with Crippen LogP contribution in [0.1, 0.15) is 48.5 Å². The Labute approximate surface area is 172 Å². The van der Waals surface area contributed by atoms with Crippen LogP contribution >= 0.6 is 0 Å². The van der Waals surface area contributed by atoms with Crippen molar-refractivity contribution in [2.45, 2.75) is 102 Å². The van der Waals surface area contributed by atoms with E-state index in [9.17, 15) is 12.8 Å². The first-order chi connectivity index (χ1) is 12.2. The van der Waals surface area contributed by atoms with Crippen molar-refractivity contribution in [3.8, 4) is 0 Å². The molecule has 28 heavy (non-hydrogen) atoms. The lowest BCUT2D eigenvalue weighted by molar-refractivity contribution is 0.173. The van der Waals surface area contributed by atoms with Crippen molar-refractivity contribution in [2.24, 2.45) is 0 Å². The minimum atomic E-state index is -4.03. The Morgan fingerprint density at radius 3 is 2.07 bits per heavy atom. The largest absolute Gasteiger partial charge is 0.412 e. The van der Waals surface area contributed by atoms with Gasteiger partial charge in [-0.1, -0.05) is 54.6 Å². The Bertz CT molecular complexity index is 794. The van der Waals surface area contributed by atoms with Crippen molar-refractivity contribution < 1.29 is 17.2 Å². The van der Waals surface area contributed by atoms with Gasteiger partial charge in [-0.3, -0.25) is 4.68 Å². The quantitative estimate of drug-likeness (QED) is 0.609. The summed E-state index contributed by atoms with van der Waals surface area (Å²) in [4.78, 5) is 0. The van der Waals surface area contributed by atoms with E-state index in [1.807, 2.05) is 40.8 Å². The molecule has 1 aromatic heterocycles. The van der Waals surface area contributed by atoms with Crippen LogP contribution in [0.5, 0.6) is 0 Å². The van der Waals surface area contributed by atoms with Gasteiger partial charge in [0.25, 0.3) is 10.0 Å². The van der Waals surface area contributed by atoms with E-state index in [-0.39, 0.29) is 16.2 Å². The van der Waals surface area contributed by atoms with E-state index in [0.717, 1.165) is 6.20 Å². The molecule has 1 atom stereocenters. The molecule has 1 heterocycles. The van der Waals surface area contributed by atoms with Crippen molar-refractivity contribution in [3.63, 3.8) is 0 Å². The standard InChI is InChI=1S/C18H38FN3O3SSi2/c1-14(25-28(10,11)18(5,6)7)12-22-13-15(19)16(20-22)26(23,24)21-27(8,9)17(2,3)4/h13-14,21H,12H2,1-11H3. The van der Waals surface area contributed by atoms with Gasteiger partial charge in [0.1, 0.15) is 8.24 Å². The molecule has 1 N–H and O–H groups in total. The minimum Gasteiger partial charge on any atom is -0.412 e. The second kappa shape index (κ2) is 7.94. The van der Waals surface area contributed by atoms with Gasteiger partial charge in [0.05, 0.1) is 18.8 Å². The lowest BCUT2D eigenvalue weighted by atomic mass is 10.2. The number of halogens is 1. The number of nitrogens with one attached hydrogen (secondary N) is 1. The Balaban J connectivity index is 3.02. The van der Waals surface area contributed by atoms with Gasteiger partial charge in [0.15, 0.2) is 14.1 Å². The number of sulfonamides is 1. The summed E-state index contributed by atoms with van der Waals surface area (Å²) in [7, 11) is -8.40. The molecule has 0 aliphatic heterocycles. The molecule has 10 heteroatoms. The van der Waals surface area contributed by atoms with Crippen LogP contribution in [0.4, 0.5) is 4.39 Å². The number of nitrogens with zero attached hydrogens (tertiary/aromatic N) is 2. The number of rotatable bonds is 7. The summed E-state index contributed by atoms with van der Waals surface area (Å²) in [6.45, 7) is 22.7. The summed E-state index contributed by atoms with van der Waals surface area (Å²) in [5.74, 6) is -0.842. The fraction of sp³-hybridized carbons (Fsp3) is 0.833. The third-order valence-electron chi connectivity index (χ3n) is 5.95. The van der Waals surface area contributed by atoms with Crippen LogP contribution in [-0.4, -0.2) is 40.9 Å². The van der Waals surface area contributed by atoms with Crippen LogP contribution in [-0.2, 0) is 21.0 Å². The molecule has 6 nitrogen and oxygen atoms in total. The predicted octanol–water partition coefficient (Wildman–Crippen LogP) is 4.72. The zero-order valence-electron chi connectivity index (χ0n) is 19.3. The summed E-state index contributed by atoms with van der Waals surface area (Å²) in [6, 6.07) is 0. The number of aromatic nitrogens is 2. The summed E-state index contributed by atoms with van der Waals surface area (Å²) in [5.41, 5.74) is 0. The van der Waals surface area contributed by atoms with Crippen LogP contribution in [0.3, 0.4) is 0 Å². The summed E-state index contributed by atoms with van der Waals surface area (Å²) >= 11 is 0. The maximum absolute atomic E-state index is 14.4. The number of hydrogen-bond acceptors (Lipinski definition) is 4. The van der Waals surface area contributed by atoms with Gasteiger partial charge in [-0.25, -0.2) is 17.2 Å². The van der Waals surface area contributed by atoms with E-state index in [2.05, 4.69) is 43.4 Å². The molecule has 164 valence electrons. The van der Waals surface area contributed by atoms with Crippen molar-refractivity contribution in [2.75, 3.05) is 0 Å². The molecule has 0 aliphatic carbocycles. The van der Waals surface area contributed by atoms with Crippen molar-refractivity contribution in [3.05, 3.63) is 12.0 Å². The van der Waals surface area contributed by atoms with Crippen molar-refractivity contribution in [1.29, 1.82) is 0 Å². The first-order valence-electron chi connectivity index (χ1n) is 9.64. The zero-order valence-corrected chi connectivity index (χ0v) is 22.1. The summed E-state index contributed by atoms with van der Waals surface area (Å²) in [5, 5.41) is 3.32.